The summed E-state index contributed by atoms with van der Waals surface area (Å²) in [5, 5.41) is 9.75. The zero-order valence-corrected chi connectivity index (χ0v) is 23.4. The van der Waals surface area contributed by atoms with Gasteiger partial charge in [-0.05, 0) is 83.9 Å². The average molecular weight is 547 g/mol. The predicted molar refractivity (Wildman–Crippen MR) is 183 cm³/mol. The van der Waals surface area contributed by atoms with Crippen molar-refractivity contribution in [2.24, 2.45) is 0 Å². The lowest BCUT2D eigenvalue weighted by molar-refractivity contribution is 0.669. The van der Waals surface area contributed by atoms with Gasteiger partial charge in [-0.2, -0.15) is 0 Å². The van der Waals surface area contributed by atoms with Crippen LogP contribution in [-0.4, -0.2) is 0 Å². The van der Waals surface area contributed by atoms with E-state index in [0.717, 1.165) is 22.1 Å². The highest BCUT2D eigenvalue weighted by Gasteiger charge is 2.19. The third kappa shape index (κ3) is 3.65. The van der Waals surface area contributed by atoms with E-state index in [2.05, 4.69) is 158 Å². The molecule has 0 N–H and O–H groups in total. The van der Waals surface area contributed by atoms with Crippen LogP contribution < -0.4 is 0 Å². The zero-order valence-electron chi connectivity index (χ0n) is 23.4. The van der Waals surface area contributed by atoms with Crippen molar-refractivity contribution in [1.82, 2.24) is 0 Å². The summed E-state index contributed by atoms with van der Waals surface area (Å²) >= 11 is 0. The quantitative estimate of drug-likeness (QED) is 0.201. The molecule has 0 radical (unpaired) electrons. The van der Waals surface area contributed by atoms with Gasteiger partial charge in [0, 0.05) is 10.8 Å². The van der Waals surface area contributed by atoms with Crippen molar-refractivity contribution in [3.8, 4) is 33.4 Å². The van der Waals surface area contributed by atoms with Crippen molar-refractivity contribution >= 4 is 54.3 Å². The second-order valence-electron chi connectivity index (χ2n) is 11.2. The summed E-state index contributed by atoms with van der Waals surface area (Å²) in [7, 11) is 0. The minimum absolute atomic E-state index is 0.913. The molecule has 43 heavy (non-hydrogen) atoms. The molecule has 0 spiro atoms. The second kappa shape index (κ2) is 9.44. The standard InChI is InChI=1S/C42H26O/c1-2-12-27(13-3-1)30-15-6-7-17-32(30)41-35-20-10-8-18-33(35)40(34-19-9-11-21-36(34)41)29-22-24-37-39(26-29)43-38-25-23-28-14-4-5-16-31(28)42(37)38/h1-26H. The molecule has 9 rings (SSSR count). The first kappa shape index (κ1) is 24.0. The summed E-state index contributed by atoms with van der Waals surface area (Å²) in [5.41, 5.74) is 9.20. The molecule has 1 nitrogen and oxygen atoms in total. The van der Waals surface area contributed by atoms with E-state index in [1.165, 1.54) is 65.5 Å². The van der Waals surface area contributed by atoms with Gasteiger partial charge in [-0.15, -0.1) is 0 Å². The molecule has 1 aromatic heterocycles. The summed E-state index contributed by atoms with van der Waals surface area (Å²) in [6.45, 7) is 0. The molecule has 0 aliphatic rings. The Labute approximate surface area is 249 Å². The van der Waals surface area contributed by atoms with Gasteiger partial charge < -0.3 is 4.42 Å². The van der Waals surface area contributed by atoms with Crippen LogP contribution in [0.1, 0.15) is 0 Å². The van der Waals surface area contributed by atoms with E-state index in [0.29, 0.717) is 0 Å². The number of hydrogen-bond acceptors (Lipinski definition) is 1. The summed E-state index contributed by atoms with van der Waals surface area (Å²) in [5.74, 6) is 0. The monoisotopic (exact) mass is 546 g/mol. The van der Waals surface area contributed by atoms with Gasteiger partial charge in [0.05, 0.1) is 0 Å². The van der Waals surface area contributed by atoms with Crippen LogP contribution in [0.15, 0.2) is 162 Å². The van der Waals surface area contributed by atoms with Crippen LogP contribution in [-0.2, 0) is 0 Å². The fourth-order valence-corrected chi connectivity index (χ4v) is 7.00. The Hall–Kier alpha value is -5.66. The van der Waals surface area contributed by atoms with Crippen molar-refractivity contribution in [1.29, 1.82) is 0 Å². The molecule has 8 aromatic carbocycles. The van der Waals surface area contributed by atoms with Crippen LogP contribution in [0.5, 0.6) is 0 Å². The first-order valence-corrected chi connectivity index (χ1v) is 14.8. The molecule has 0 aliphatic heterocycles. The molecular weight excluding hydrogens is 520 g/mol. The number of rotatable bonds is 3. The fourth-order valence-electron chi connectivity index (χ4n) is 7.00. The van der Waals surface area contributed by atoms with Crippen LogP contribution >= 0.6 is 0 Å². The smallest absolute Gasteiger partial charge is 0.136 e. The highest BCUT2D eigenvalue weighted by molar-refractivity contribution is 6.24. The maximum absolute atomic E-state index is 6.50. The number of benzene rings is 8. The minimum atomic E-state index is 0.913. The van der Waals surface area contributed by atoms with Gasteiger partial charge in [-0.3, -0.25) is 0 Å². The molecular formula is C42H26O. The lowest BCUT2D eigenvalue weighted by Crippen LogP contribution is -1.92. The topological polar surface area (TPSA) is 13.1 Å². The Bertz CT molecular complexity index is 2440. The van der Waals surface area contributed by atoms with Crippen LogP contribution in [0.2, 0.25) is 0 Å². The molecule has 0 bridgehead atoms. The Morgan fingerprint density at radius 1 is 0.326 bits per heavy atom. The van der Waals surface area contributed by atoms with Crippen LogP contribution in [0.3, 0.4) is 0 Å². The molecule has 1 heteroatoms. The summed E-state index contributed by atoms with van der Waals surface area (Å²) in [6.07, 6.45) is 0. The van der Waals surface area contributed by atoms with Crippen LogP contribution in [0.25, 0.3) is 87.6 Å². The van der Waals surface area contributed by atoms with Gasteiger partial charge in [-0.25, -0.2) is 0 Å². The van der Waals surface area contributed by atoms with Crippen molar-refractivity contribution in [3.63, 3.8) is 0 Å². The SMILES string of the molecule is c1ccc(-c2ccccc2-c2c3ccccc3c(-c3ccc4c(c3)oc3ccc5ccccc5c34)c3ccccc23)cc1. The lowest BCUT2D eigenvalue weighted by Gasteiger charge is -2.19. The van der Waals surface area contributed by atoms with Crippen LogP contribution in [0.4, 0.5) is 0 Å². The molecule has 0 aliphatic carbocycles. The largest absolute Gasteiger partial charge is 0.456 e. The van der Waals surface area contributed by atoms with E-state index in [9.17, 15) is 0 Å². The van der Waals surface area contributed by atoms with E-state index in [1.807, 2.05) is 0 Å². The molecule has 200 valence electrons. The Morgan fingerprint density at radius 3 is 1.63 bits per heavy atom. The molecule has 0 saturated carbocycles. The predicted octanol–water partition coefficient (Wildman–Crippen LogP) is 12.0. The second-order valence-corrected chi connectivity index (χ2v) is 11.2. The summed E-state index contributed by atoms with van der Waals surface area (Å²) in [4.78, 5) is 0. The Balaban J connectivity index is 1.35. The molecule has 1 heterocycles. The van der Waals surface area contributed by atoms with Gasteiger partial charge in [-0.1, -0.05) is 140 Å². The molecule has 0 unspecified atom stereocenters. The van der Waals surface area contributed by atoms with Gasteiger partial charge >= 0.3 is 0 Å². The maximum atomic E-state index is 6.50. The summed E-state index contributed by atoms with van der Waals surface area (Å²) in [6, 6.07) is 56.7. The first-order chi connectivity index (χ1) is 21.3. The van der Waals surface area contributed by atoms with Crippen LogP contribution in [0, 0.1) is 0 Å². The summed E-state index contributed by atoms with van der Waals surface area (Å²) < 4.78 is 6.50. The third-order valence-corrected chi connectivity index (χ3v) is 8.86. The fraction of sp³-hybridized carbons (Fsp3) is 0. The lowest BCUT2D eigenvalue weighted by atomic mass is 9.84. The van der Waals surface area contributed by atoms with E-state index in [4.69, 9.17) is 4.42 Å². The Kier molecular flexibility index (Phi) is 5.27. The van der Waals surface area contributed by atoms with Crippen molar-refractivity contribution in [2.45, 2.75) is 0 Å². The molecule has 9 aromatic rings. The Morgan fingerprint density at radius 2 is 0.907 bits per heavy atom. The highest BCUT2D eigenvalue weighted by atomic mass is 16.3. The molecule has 0 saturated heterocycles. The minimum Gasteiger partial charge on any atom is -0.456 e. The molecule has 0 amide bonds. The third-order valence-electron chi connectivity index (χ3n) is 8.86. The van der Waals surface area contributed by atoms with Gasteiger partial charge in [0.25, 0.3) is 0 Å². The average Bonchev–Trinajstić information content (AvgIpc) is 3.46. The van der Waals surface area contributed by atoms with E-state index < -0.39 is 0 Å². The number of furan rings is 1. The van der Waals surface area contributed by atoms with Crippen molar-refractivity contribution < 1.29 is 4.42 Å². The molecule has 0 atom stereocenters. The van der Waals surface area contributed by atoms with E-state index in [1.54, 1.807) is 0 Å². The maximum Gasteiger partial charge on any atom is 0.136 e. The molecule has 0 fully saturated rings. The van der Waals surface area contributed by atoms with Gasteiger partial charge in [0.1, 0.15) is 11.2 Å². The van der Waals surface area contributed by atoms with Gasteiger partial charge in [0.15, 0.2) is 0 Å². The first-order valence-electron chi connectivity index (χ1n) is 14.8. The van der Waals surface area contributed by atoms with E-state index in [-0.39, 0.29) is 0 Å². The highest BCUT2D eigenvalue weighted by Crippen LogP contribution is 2.47. The number of fused-ring (bicyclic) bond motifs is 7. The normalized spacial score (nSPS) is 11.7. The zero-order chi connectivity index (χ0) is 28.3. The van der Waals surface area contributed by atoms with Crippen molar-refractivity contribution in [2.75, 3.05) is 0 Å². The van der Waals surface area contributed by atoms with Gasteiger partial charge in [0.2, 0.25) is 0 Å². The number of hydrogen-bond donors (Lipinski definition) is 0. The van der Waals surface area contributed by atoms with E-state index >= 15 is 0 Å². The van der Waals surface area contributed by atoms with Crippen molar-refractivity contribution in [3.05, 3.63) is 158 Å².